The van der Waals surface area contributed by atoms with Crippen LogP contribution in [0.2, 0.25) is 0 Å². The van der Waals surface area contributed by atoms with Gasteiger partial charge in [-0.3, -0.25) is 9.89 Å². The molecule has 0 unspecified atom stereocenters. The van der Waals surface area contributed by atoms with Gasteiger partial charge in [-0.05, 0) is 74.7 Å². The summed E-state index contributed by atoms with van der Waals surface area (Å²) in [6, 6.07) is 12.6. The molecular formula is C28H29N3O5. The normalized spacial score (nSPS) is 14.8. The minimum absolute atomic E-state index is 0.124. The van der Waals surface area contributed by atoms with E-state index < -0.39 is 6.04 Å². The monoisotopic (exact) mass is 487 g/mol. The Labute approximate surface area is 209 Å². The number of hydrogen-bond donors (Lipinski definition) is 2. The van der Waals surface area contributed by atoms with Gasteiger partial charge in [0.1, 0.15) is 22.9 Å². The van der Waals surface area contributed by atoms with E-state index in [1.165, 1.54) is 0 Å². The molecule has 2 aromatic heterocycles. The number of fused-ring (bicyclic) bond motifs is 1. The SMILES string of the molecule is CCOc1ccc([C@@H]2c3c(-c4c(C)cc(C)cc4O)n[nH]c3C(=O)N2Cc2ccco2)cc1OCC. The number of nitrogens with one attached hydrogen (secondary N) is 1. The Balaban J connectivity index is 1.69. The zero-order valence-corrected chi connectivity index (χ0v) is 20.8. The van der Waals surface area contributed by atoms with Crippen LogP contribution in [-0.2, 0) is 6.54 Å². The van der Waals surface area contributed by atoms with Crippen LogP contribution in [0.4, 0.5) is 0 Å². The van der Waals surface area contributed by atoms with Crippen molar-refractivity contribution in [1.82, 2.24) is 15.1 Å². The number of hydrogen-bond acceptors (Lipinski definition) is 6. The molecule has 0 radical (unpaired) electrons. The van der Waals surface area contributed by atoms with E-state index in [-0.39, 0.29) is 18.2 Å². The first-order chi connectivity index (χ1) is 17.4. The number of H-pyrrole nitrogens is 1. The van der Waals surface area contributed by atoms with E-state index in [0.29, 0.717) is 53.0 Å². The number of carbonyl (C=O) groups is 1. The van der Waals surface area contributed by atoms with Crippen molar-refractivity contribution < 1.29 is 23.8 Å². The number of rotatable bonds is 8. The number of phenols is 1. The molecule has 186 valence electrons. The van der Waals surface area contributed by atoms with Crippen LogP contribution in [0.1, 0.15) is 58.4 Å². The van der Waals surface area contributed by atoms with Gasteiger partial charge in [-0.15, -0.1) is 0 Å². The highest BCUT2D eigenvalue weighted by Gasteiger charge is 2.43. The summed E-state index contributed by atoms with van der Waals surface area (Å²) in [6.45, 7) is 8.95. The van der Waals surface area contributed by atoms with Crippen molar-refractivity contribution in [3.8, 4) is 28.5 Å². The Morgan fingerprint density at radius 2 is 1.86 bits per heavy atom. The van der Waals surface area contributed by atoms with Crippen LogP contribution in [0.25, 0.3) is 11.3 Å². The van der Waals surface area contributed by atoms with Crippen molar-refractivity contribution in [2.45, 2.75) is 40.3 Å². The number of carbonyl (C=O) groups excluding carboxylic acids is 1. The first-order valence-corrected chi connectivity index (χ1v) is 12.0. The number of benzene rings is 2. The van der Waals surface area contributed by atoms with Crippen molar-refractivity contribution in [3.63, 3.8) is 0 Å². The molecule has 2 aromatic carbocycles. The fourth-order valence-corrected chi connectivity index (χ4v) is 4.96. The molecule has 1 amide bonds. The minimum Gasteiger partial charge on any atom is -0.507 e. The predicted octanol–water partition coefficient (Wildman–Crippen LogP) is 5.53. The Morgan fingerprint density at radius 1 is 1.08 bits per heavy atom. The van der Waals surface area contributed by atoms with Crippen molar-refractivity contribution >= 4 is 5.91 Å². The number of aryl methyl sites for hydroxylation is 2. The summed E-state index contributed by atoms with van der Waals surface area (Å²) in [6.07, 6.45) is 1.59. The molecular weight excluding hydrogens is 458 g/mol. The zero-order valence-electron chi connectivity index (χ0n) is 20.8. The highest BCUT2D eigenvalue weighted by Crippen LogP contribution is 2.47. The van der Waals surface area contributed by atoms with Crippen molar-refractivity contribution in [3.05, 3.63) is 82.4 Å². The summed E-state index contributed by atoms with van der Waals surface area (Å²) in [5, 5.41) is 18.3. The lowest BCUT2D eigenvalue weighted by molar-refractivity contribution is 0.0716. The van der Waals surface area contributed by atoms with Gasteiger partial charge in [0, 0.05) is 11.1 Å². The molecule has 3 heterocycles. The second kappa shape index (κ2) is 9.45. The Hall–Kier alpha value is -4.20. The minimum atomic E-state index is -0.485. The summed E-state index contributed by atoms with van der Waals surface area (Å²) in [7, 11) is 0. The van der Waals surface area contributed by atoms with Crippen LogP contribution in [0.15, 0.2) is 53.1 Å². The Bertz CT molecular complexity index is 1380. The molecule has 1 aliphatic rings. The van der Waals surface area contributed by atoms with Gasteiger partial charge in [0.2, 0.25) is 0 Å². The molecule has 0 bridgehead atoms. The third-order valence-corrected chi connectivity index (χ3v) is 6.35. The van der Waals surface area contributed by atoms with Crippen LogP contribution < -0.4 is 9.47 Å². The predicted molar refractivity (Wildman–Crippen MR) is 134 cm³/mol. The van der Waals surface area contributed by atoms with E-state index in [9.17, 15) is 9.90 Å². The van der Waals surface area contributed by atoms with Gasteiger partial charge in [0.25, 0.3) is 5.91 Å². The zero-order chi connectivity index (χ0) is 25.4. The summed E-state index contributed by atoms with van der Waals surface area (Å²) in [5.41, 5.74) is 4.92. The number of aromatic hydroxyl groups is 1. The fraction of sp³-hybridized carbons (Fsp3) is 0.286. The molecule has 2 N–H and O–H groups in total. The average Bonchev–Trinajstić information content (AvgIpc) is 3.55. The van der Waals surface area contributed by atoms with Gasteiger partial charge in [-0.2, -0.15) is 5.10 Å². The molecule has 1 aliphatic heterocycles. The maximum atomic E-state index is 13.6. The van der Waals surface area contributed by atoms with Gasteiger partial charge < -0.3 is 23.9 Å². The molecule has 36 heavy (non-hydrogen) atoms. The first kappa shape index (κ1) is 23.5. The topological polar surface area (TPSA) is 101 Å². The lowest BCUT2D eigenvalue weighted by atomic mass is 9.93. The number of furan rings is 1. The van der Waals surface area contributed by atoms with Crippen LogP contribution in [0.5, 0.6) is 17.2 Å². The lowest BCUT2D eigenvalue weighted by Gasteiger charge is -2.26. The molecule has 8 heteroatoms. The summed E-state index contributed by atoms with van der Waals surface area (Å²) >= 11 is 0. The number of aromatic nitrogens is 2. The molecule has 0 aliphatic carbocycles. The fourth-order valence-electron chi connectivity index (χ4n) is 4.96. The van der Waals surface area contributed by atoms with E-state index in [1.54, 1.807) is 23.3 Å². The highest BCUT2D eigenvalue weighted by atomic mass is 16.5. The van der Waals surface area contributed by atoms with Crippen molar-refractivity contribution in [1.29, 1.82) is 0 Å². The van der Waals surface area contributed by atoms with Crippen LogP contribution in [0, 0.1) is 13.8 Å². The third kappa shape index (κ3) is 3.98. The van der Waals surface area contributed by atoms with Crippen LogP contribution in [0.3, 0.4) is 0 Å². The molecule has 1 atom stereocenters. The number of aromatic amines is 1. The number of phenolic OH excluding ortho intramolecular Hbond substituents is 1. The van der Waals surface area contributed by atoms with Crippen LogP contribution >= 0.6 is 0 Å². The summed E-state index contributed by atoms with van der Waals surface area (Å²) in [4.78, 5) is 15.4. The van der Waals surface area contributed by atoms with E-state index in [0.717, 1.165) is 16.7 Å². The molecule has 0 spiro atoms. The highest BCUT2D eigenvalue weighted by molar-refractivity contribution is 6.00. The van der Waals surface area contributed by atoms with Crippen molar-refractivity contribution in [2.75, 3.05) is 13.2 Å². The van der Waals surface area contributed by atoms with E-state index in [2.05, 4.69) is 10.2 Å². The second-order valence-electron chi connectivity index (χ2n) is 8.82. The molecule has 5 rings (SSSR count). The number of amides is 1. The Morgan fingerprint density at radius 3 is 2.56 bits per heavy atom. The van der Waals surface area contributed by atoms with Crippen LogP contribution in [-0.4, -0.2) is 39.3 Å². The maximum Gasteiger partial charge on any atom is 0.273 e. The van der Waals surface area contributed by atoms with Gasteiger partial charge >= 0.3 is 0 Å². The molecule has 8 nitrogen and oxygen atoms in total. The van der Waals surface area contributed by atoms with Gasteiger partial charge in [0.05, 0.1) is 32.1 Å². The van der Waals surface area contributed by atoms with Gasteiger partial charge in [-0.25, -0.2) is 0 Å². The second-order valence-corrected chi connectivity index (χ2v) is 8.82. The third-order valence-electron chi connectivity index (χ3n) is 6.35. The van der Waals surface area contributed by atoms with E-state index in [4.69, 9.17) is 13.9 Å². The summed E-state index contributed by atoms with van der Waals surface area (Å²) in [5.74, 6) is 1.85. The number of ether oxygens (including phenoxy) is 2. The maximum absolute atomic E-state index is 13.6. The molecule has 4 aromatic rings. The van der Waals surface area contributed by atoms with E-state index >= 15 is 0 Å². The first-order valence-electron chi connectivity index (χ1n) is 12.0. The van der Waals surface area contributed by atoms with E-state index in [1.807, 2.05) is 58.0 Å². The average molecular weight is 488 g/mol. The van der Waals surface area contributed by atoms with Crippen molar-refractivity contribution in [2.24, 2.45) is 0 Å². The molecule has 0 saturated carbocycles. The largest absolute Gasteiger partial charge is 0.507 e. The van der Waals surface area contributed by atoms with Gasteiger partial charge in [-0.1, -0.05) is 12.1 Å². The Kier molecular flexibility index (Phi) is 6.18. The lowest BCUT2D eigenvalue weighted by Crippen LogP contribution is -2.29. The quantitative estimate of drug-likeness (QED) is 0.339. The standard InChI is InChI=1S/C28H29N3O5/c1-5-34-21-10-9-18(14-22(21)35-6-2)27-24-25(23-17(4)12-16(3)13-20(23)32)29-30-26(24)28(33)31(27)15-19-8-7-11-36-19/h7-14,27,32H,5-6,15H2,1-4H3,(H,29,30)/t27-/m1/s1. The smallest absolute Gasteiger partial charge is 0.273 e. The van der Waals surface area contributed by atoms with Gasteiger partial charge in [0.15, 0.2) is 11.5 Å². The molecule has 0 fully saturated rings. The summed E-state index contributed by atoms with van der Waals surface area (Å²) < 4.78 is 17.2. The molecule has 0 saturated heterocycles. The number of nitrogens with zero attached hydrogens (tertiary/aromatic N) is 2.